The number of halogens is 2. The number of ketones is 1. The highest BCUT2D eigenvalue weighted by atomic mass is 79.9. The van der Waals surface area contributed by atoms with Gasteiger partial charge in [0.05, 0.1) is 23.2 Å². The molecule has 0 radical (unpaired) electrons. The van der Waals surface area contributed by atoms with E-state index < -0.39 is 17.7 Å². The predicted molar refractivity (Wildman–Crippen MR) is 124 cm³/mol. The first-order chi connectivity index (χ1) is 14.7. The van der Waals surface area contributed by atoms with E-state index in [1.54, 1.807) is 12.1 Å². The van der Waals surface area contributed by atoms with Crippen LogP contribution in [0.4, 0.5) is 0 Å². The topological polar surface area (TPSA) is 70.1 Å². The van der Waals surface area contributed by atoms with Crippen molar-refractivity contribution in [3.8, 4) is 5.75 Å². The van der Waals surface area contributed by atoms with Crippen LogP contribution in [0.1, 0.15) is 24.1 Å². The minimum atomic E-state index is -0.714. The van der Waals surface area contributed by atoms with E-state index in [9.17, 15) is 14.7 Å². The molecule has 1 saturated heterocycles. The Kier molecular flexibility index (Phi) is 7.41. The third kappa shape index (κ3) is 4.95. The van der Waals surface area contributed by atoms with Crippen LogP contribution in [0.3, 0.4) is 0 Å². The van der Waals surface area contributed by atoms with Crippen LogP contribution in [-0.2, 0) is 9.59 Å². The zero-order chi connectivity index (χ0) is 22.7. The van der Waals surface area contributed by atoms with Gasteiger partial charge in [-0.2, -0.15) is 0 Å². The summed E-state index contributed by atoms with van der Waals surface area (Å²) in [6.45, 7) is 3.22. The number of nitrogens with zero attached hydrogens (tertiary/aromatic N) is 2. The number of benzene rings is 2. The fourth-order valence-electron chi connectivity index (χ4n) is 3.49. The molecule has 2 aromatic rings. The summed E-state index contributed by atoms with van der Waals surface area (Å²) >= 11 is 9.69. The molecule has 0 aliphatic carbocycles. The molecule has 1 amide bonds. The number of amides is 1. The molecule has 1 unspecified atom stereocenters. The Labute approximate surface area is 195 Å². The molecule has 1 heterocycles. The quantitative estimate of drug-likeness (QED) is 0.340. The van der Waals surface area contributed by atoms with Crippen LogP contribution in [0.2, 0.25) is 5.02 Å². The second-order valence-corrected chi connectivity index (χ2v) is 8.75. The fraction of sp³-hybridized carbons (Fsp3) is 0.304. The minimum absolute atomic E-state index is 0.0475. The predicted octanol–water partition coefficient (Wildman–Crippen LogP) is 4.48. The van der Waals surface area contributed by atoms with Crippen molar-refractivity contribution in [2.24, 2.45) is 0 Å². The van der Waals surface area contributed by atoms with Gasteiger partial charge in [-0.15, -0.1) is 0 Å². The van der Waals surface area contributed by atoms with Crippen molar-refractivity contribution in [1.29, 1.82) is 0 Å². The largest absolute Gasteiger partial charge is 0.507 e. The zero-order valence-electron chi connectivity index (χ0n) is 17.6. The Hall–Kier alpha value is -2.35. The minimum Gasteiger partial charge on any atom is -0.507 e. The Morgan fingerprint density at radius 2 is 1.87 bits per heavy atom. The van der Waals surface area contributed by atoms with Crippen molar-refractivity contribution in [2.75, 3.05) is 33.8 Å². The number of aliphatic hydroxyl groups is 1. The number of rotatable bonds is 7. The van der Waals surface area contributed by atoms with Crippen molar-refractivity contribution in [3.05, 3.63) is 68.7 Å². The number of likely N-dealkylation sites (tertiary alicyclic amines) is 1. The summed E-state index contributed by atoms with van der Waals surface area (Å²) in [6, 6.07) is 11.5. The Balaban J connectivity index is 2.12. The smallest absolute Gasteiger partial charge is 0.295 e. The maximum Gasteiger partial charge on any atom is 0.295 e. The number of Topliss-reactive ketones (excluding diaryl/α,β-unsaturated/α-hetero) is 1. The van der Waals surface area contributed by atoms with Crippen LogP contribution in [0.15, 0.2) is 52.5 Å². The van der Waals surface area contributed by atoms with E-state index in [4.69, 9.17) is 16.3 Å². The van der Waals surface area contributed by atoms with Gasteiger partial charge in [0.1, 0.15) is 11.5 Å². The van der Waals surface area contributed by atoms with Crippen LogP contribution in [0.5, 0.6) is 5.75 Å². The molecule has 1 N–H and O–H groups in total. The van der Waals surface area contributed by atoms with Gasteiger partial charge in [-0.25, -0.2) is 0 Å². The van der Waals surface area contributed by atoms with Crippen molar-refractivity contribution in [3.63, 3.8) is 0 Å². The summed E-state index contributed by atoms with van der Waals surface area (Å²) in [4.78, 5) is 29.3. The molecule has 6 nitrogen and oxygen atoms in total. The number of carbonyl (C=O) groups is 2. The lowest BCUT2D eigenvalue weighted by Gasteiger charge is -2.26. The van der Waals surface area contributed by atoms with Gasteiger partial charge in [-0.05, 0) is 56.9 Å². The van der Waals surface area contributed by atoms with Gasteiger partial charge in [0.2, 0.25) is 0 Å². The van der Waals surface area contributed by atoms with E-state index >= 15 is 0 Å². The van der Waals surface area contributed by atoms with Gasteiger partial charge < -0.3 is 19.6 Å². The summed E-state index contributed by atoms with van der Waals surface area (Å²) in [7, 11) is 3.79. The fourth-order valence-corrected chi connectivity index (χ4v) is 3.99. The Morgan fingerprint density at radius 1 is 1.19 bits per heavy atom. The van der Waals surface area contributed by atoms with Crippen LogP contribution >= 0.6 is 27.5 Å². The molecule has 1 fully saturated rings. The molecule has 1 atom stereocenters. The molecule has 0 spiro atoms. The Morgan fingerprint density at radius 3 is 2.45 bits per heavy atom. The lowest BCUT2D eigenvalue weighted by molar-refractivity contribution is -0.140. The first-order valence-corrected chi connectivity index (χ1v) is 11.0. The van der Waals surface area contributed by atoms with Gasteiger partial charge in [0.25, 0.3) is 11.7 Å². The maximum absolute atomic E-state index is 13.0. The molecular formula is C23H24BrClN2O4. The monoisotopic (exact) mass is 506 g/mol. The highest BCUT2D eigenvalue weighted by Crippen LogP contribution is 2.40. The van der Waals surface area contributed by atoms with Crippen LogP contribution in [0.25, 0.3) is 5.76 Å². The van der Waals surface area contributed by atoms with Gasteiger partial charge >= 0.3 is 0 Å². The third-order valence-corrected chi connectivity index (χ3v) is 5.84. The highest BCUT2D eigenvalue weighted by molar-refractivity contribution is 9.10. The van der Waals surface area contributed by atoms with E-state index in [-0.39, 0.29) is 11.3 Å². The summed E-state index contributed by atoms with van der Waals surface area (Å²) in [5.41, 5.74) is 1.13. The molecule has 31 heavy (non-hydrogen) atoms. The van der Waals surface area contributed by atoms with Crippen LogP contribution in [-0.4, -0.2) is 60.4 Å². The number of hydrogen-bond acceptors (Lipinski definition) is 5. The summed E-state index contributed by atoms with van der Waals surface area (Å²) in [5.74, 6) is -1.12. The molecule has 1 aliphatic heterocycles. The standard InChI is InChI=1S/C23H24BrClN2O4/c1-4-31-18-10-7-15(13-17(18)25)21(28)19-20(14-5-8-16(24)9-6-14)27(12-11-26(2)3)23(30)22(19)29/h5-10,13,20,28H,4,11-12H2,1-3H3/b21-19+. The van der Waals surface area contributed by atoms with E-state index in [0.717, 1.165) is 10.0 Å². The SMILES string of the molecule is CCOc1ccc(/C(O)=C2\C(=O)C(=O)N(CCN(C)C)C2c2ccc(Br)cc2)cc1Cl. The average molecular weight is 508 g/mol. The molecule has 0 bridgehead atoms. The summed E-state index contributed by atoms with van der Waals surface area (Å²) < 4.78 is 6.31. The van der Waals surface area contributed by atoms with Crippen molar-refractivity contribution < 1.29 is 19.4 Å². The number of ether oxygens (including phenoxy) is 1. The van der Waals surface area contributed by atoms with Gasteiger partial charge in [0, 0.05) is 23.1 Å². The molecule has 8 heteroatoms. The number of hydrogen-bond donors (Lipinski definition) is 1. The molecule has 2 aromatic carbocycles. The number of carbonyl (C=O) groups excluding carboxylic acids is 2. The van der Waals surface area contributed by atoms with Crippen molar-refractivity contribution >= 4 is 45.0 Å². The van der Waals surface area contributed by atoms with Crippen molar-refractivity contribution in [2.45, 2.75) is 13.0 Å². The first-order valence-electron chi connectivity index (χ1n) is 9.86. The molecule has 1 aliphatic rings. The zero-order valence-corrected chi connectivity index (χ0v) is 19.9. The van der Waals surface area contributed by atoms with E-state index in [2.05, 4.69) is 15.9 Å². The summed E-state index contributed by atoms with van der Waals surface area (Å²) in [6.07, 6.45) is 0. The van der Waals surface area contributed by atoms with Gasteiger partial charge in [-0.1, -0.05) is 39.7 Å². The second-order valence-electron chi connectivity index (χ2n) is 7.43. The third-order valence-electron chi connectivity index (χ3n) is 5.02. The molecular weight excluding hydrogens is 484 g/mol. The van der Waals surface area contributed by atoms with Gasteiger partial charge in [0.15, 0.2) is 0 Å². The normalized spacial score (nSPS) is 18.1. The number of aliphatic hydroxyl groups excluding tert-OH is 1. The molecule has 164 valence electrons. The lowest BCUT2D eigenvalue weighted by atomic mass is 9.95. The first kappa shape index (κ1) is 23.3. The van der Waals surface area contributed by atoms with Gasteiger partial charge in [-0.3, -0.25) is 9.59 Å². The van der Waals surface area contributed by atoms with E-state index in [0.29, 0.717) is 36.0 Å². The number of likely N-dealkylation sites (N-methyl/N-ethyl adjacent to an activating group) is 1. The average Bonchev–Trinajstić information content (AvgIpc) is 2.98. The molecule has 0 saturated carbocycles. The van der Waals surface area contributed by atoms with E-state index in [1.165, 1.54) is 11.0 Å². The van der Waals surface area contributed by atoms with Crippen LogP contribution in [0, 0.1) is 0 Å². The summed E-state index contributed by atoms with van der Waals surface area (Å²) in [5, 5.41) is 11.4. The van der Waals surface area contributed by atoms with Crippen molar-refractivity contribution in [1.82, 2.24) is 9.80 Å². The molecule has 0 aromatic heterocycles. The Bertz CT molecular complexity index is 1020. The second kappa shape index (κ2) is 9.85. The lowest BCUT2D eigenvalue weighted by Crippen LogP contribution is -2.35. The highest BCUT2D eigenvalue weighted by Gasteiger charge is 2.45. The molecule has 3 rings (SSSR count). The van der Waals surface area contributed by atoms with E-state index in [1.807, 2.05) is 50.2 Å². The maximum atomic E-state index is 13.0. The van der Waals surface area contributed by atoms with Crippen LogP contribution < -0.4 is 4.74 Å².